The molecule has 0 atom stereocenters. The molecular formula is C9H10BCl2NaO. The van der Waals surface area contributed by atoms with Crippen LogP contribution in [0.3, 0.4) is 0 Å². The predicted octanol–water partition coefficient (Wildman–Crippen LogP) is -1.33. The van der Waals surface area contributed by atoms with Crippen LogP contribution in [0, 0.1) is 0 Å². The van der Waals surface area contributed by atoms with Gasteiger partial charge in [0.1, 0.15) is 0 Å². The molecule has 0 spiro atoms. The first-order chi connectivity index (χ1) is 5.68. The summed E-state index contributed by atoms with van der Waals surface area (Å²) in [5.74, 6) is 0.148. The van der Waals surface area contributed by atoms with Crippen molar-refractivity contribution in [3.63, 3.8) is 0 Å². The van der Waals surface area contributed by atoms with Gasteiger partial charge in [0.05, 0.1) is 0 Å². The van der Waals surface area contributed by atoms with E-state index < -0.39 is 0 Å². The van der Waals surface area contributed by atoms with Gasteiger partial charge in [-0.05, 0) is 24.1 Å². The Morgan fingerprint density at radius 1 is 1.14 bits per heavy atom. The Morgan fingerprint density at radius 3 is 2.43 bits per heavy atom. The molecule has 1 nitrogen and oxygen atoms in total. The molecule has 0 aliphatic heterocycles. The van der Waals surface area contributed by atoms with E-state index in [0.29, 0.717) is 22.0 Å². The Labute approximate surface area is 117 Å². The fourth-order valence-electron chi connectivity index (χ4n) is 1.48. The zero-order chi connectivity index (χ0) is 8.72. The molecule has 0 saturated heterocycles. The SMILES string of the molecule is O=C1CCc2c(Cl)cc(Cl)cc21.[BH4-].[Na+]. The van der Waals surface area contributed by atoms with Gasteiger partial charge in [0.2, 0.25) is 0 Å². The first kappa shape index (κ1) is 14.5. The average Bonchev–Trinajstić information content (AvgIpc) is 2.33. The first-order valence-electron chi connectivity index (χ1n) is 3.69. The van der Waals surface area contributed by atoms with Crippen molar-refractivity contribution in [2.45, 2.75) is 12.8 Å². The Morgan fingerprint density at radius 2 is 1.79 bits per heavy atom. The number of Topliss-reactive ketones (excluding diaryl/α,β-unsaturated/α-hetero) is 1. The van der Waals surface area contributed by atoms with Crippen LogP contribution < -0.4 is 29.6 Å². The number of halogens is 2. The second kappa shape index (κ2) is 5.57. The number of carbonyl (C=O) groups excluding carboxylic acids is 1. The van der Waals surface area contributed by atoms with Gasteiger partial charge in [-0.25, -0.2) is 0 Å². The minimum Gasteiger partial charge on any atom is -0.294 e. The number of carbonyl (C=O) groups is 1. The minimum absolute atomic E-state index is 0. The summed E-state index contributed by atoms with van der Waals surface area (Å²) in [5.41, 5.74) is 1.65. The van der Waals surface area contributed by atoms with Crippen LogP contribution in [0.25, 0.3) is 0 Å². The fraction of sp³-hybridized carbons (Fsp3) is 0.222. The molecule has 0 fully saturated rings. The molecule has 1 aromatic rings. The van der Waals surface area contributed by atoms with E-state index in [4.69, 9.17) is 23.2 Å². The van der Waals surface area contributed by atoms with E-state index in [-0.39, 0.29) is 43.8 Å². The van der Waals surface area contributed by atoms with Crippen molar-refractivity contribution in [1.82, 2.24) is 0 Å². The Kier molecular flexibility index (Phi) is 5.79. The number of ketones is 1. The standard InChI is InChI=1S/C9H6Cl2O.BH4.Na/c10-5-3-7-6(8(11)4-5)1-2-9(7)12;;/h3-4H,1-2H2;1H4;/q;-1;+1. The van der Waals surface area contributed by atoms with Crippen molar-refractivity contribution in [2.75, 3.05) is 0 Å². The molecule has 1 aromatic carbocycles. The fourth-order valence-corrected chi connectivity index (χ4v) is 2.07. The number of fused-ring (bicyclic) bond motifs is 1. The quantitative estimate of drug-likeness (QED) is 0.513. The second-order valence-corrected chi connectivity index (χ2v) is 3.68. The summed E-state index contributed by atoms with van der Waals surface area (Å²) in [5, 5.41) is 1.15. The monoisotopic (exact) mass is 238 g/mol. The normalized spacial score (nSPS) is 12.9. The molecule has 0 aromatic heterocycles. The molecule has 0 amide bonds. The maximum Gasteiger partial charge on any atom is 1.00 e. The topological polar surface area (TPSA) is 17.1 Å². The largest absolute Gasteiger partial charge is 1.00 e. The summed E-state index contributed by atoms with van der Waals surface area (Å²) >= 11 is 11.7. The van der Waals surface area contributed by atoms with Gasteiger partial charge < -0.3 is 0 Å². The molecule has 5 heteroatoms. The Hall–Kier alpha value is 0.535. The average molecular weight is 239 g/mol. The van der Waals surface area contributed by atoms with Crippen LogP contribution in [0.2, 0.25) is 10.0 Å². The summed E-state index contributed by atoms with van der Waals surface area (Å²) in [6, 6.07) is 3.37. The van der Waals surface area contributed by atoms with E-state index in [0.717, 1.165) is 12.0 Å². The van der Waals surface area contributed by atoms with Crippen LogP contribution in [0.4, 0.5) is 0 Å². The van der Waals surface area contributed by atoms with Crippen molar-refractivity contribution in [1.29, 1.82) is 0 Å². The van der Waals surface area contributed by atoms with Crippen molar-refractivity contribution in [2.24, 2.45) is 0 Å². The van der Waals surface area contributed by atoms with E-state index in [1.54, 1.807) is 12.1 Å². The Balaban J connectivity index is 0.000000845. The maximum absolute atomic E-state index is 11.3. The molecule has 0 unspecified atom stereocenters. The number of benzene rings is 1. The van der Waals surface area contributed by atoms with E-state index >= 15 is 0 Å². The molecule has 14 heavy (non-hydrogen) atoms. The second-order valence-electron chi connectivity index (χ2n) is 2.84. The predicted molar refractivity (Wildman–Crippen MR) is 60.4 cm³/mol. The summed E-state index contributed by atoms with van der Waals surface area (Å²) < 4.78 is 0. The molecule has 1 aliphatic carbocycles. The molecule has 70 valence electrons. The van der Waals surface area contributed by atoms with Crippen molar-refractivity contribution in [3.8, 4) is 0 Å². The van der Waals surface area contributed by atoms with Crippen molar-refractivity contribution in [3.05, 3.63) is 33.3 Å². The zero-order valence-corrected chi connectivity index (χ0v) is 10.7. The Bertz CT molecular complexity index is 368. The summed E-state index contributed by atoms with van der Waals surface area (Å²) in [4.78, 5) is 11.3. The van der Waals surface area contributed by atoms with E-state index in [1.165, 1.54) is 0 Å². The first-order valence-corrected chi connectivity index (χ1v) is 4.45. The summed E-state index contributed by atoms with van der Waals surface area (Å²) in [7, 11) is 0. The smallest absolute Gasteiger partial charge is 0.294 e. The van der Waals surface area contributed by atoms with E-state index in [9.17, 15) is 4.79 Å². The van der Waals surface area contributed by atoms with Gasteiger partial charge in [-0.2, -0.15) is 0 Å². The third-order valence-electron chi connectivity index (χ3n) is 2.06. The summed E-state index contributed by atoms with van der Waals surface area (Å²) in [6.07, 6.45) is 1.32. The maximum atomic E-state index is 11.3. The summed E-state index contributed by atoms with van der Waals surface area (Å²) in [6.45, 7) is 0. The molecule has 0 radical (unpaired) electrons. The molecular weight excluding hydrogens is 229 g/mol. The van der Waals surface area contributed by atoms with Gasteiger partial charge in [-0.1, -0.05) is 31.6 Å². The van der Waals surface area contributed by atoms with Gasteiger partial charge in [-0.15, -0.1) is 0 Å². The molecule has 1 aliphatic rings. The molecule has 0 heterocycles. The van der Waals surface area contributed by atoms with Crippen LogP contribution in [0.15, 0.2) is 12.1 Å². The minimum atomic E-state index is 0. The van der Waals surface area contributed by atoms with Crippen LogP contribution in [0.5, 0.6) is 0 Å². The van der Waals surface area contributed by atoms with E-state index in [2.05, 4.69) is 0 Å². The third-order valence-corrected chi connectivity index (χ3v) is 2.62. The van der Waals surface area contributed by atoms with Gasteiger partial charge in [-0.3, -0.25) is 4.79 Å². The number of rotatable bonds is 0. The van der Waals surface area contributed by atoms with Gasteiger partial charge >= 0.3 is 29.6 Å². The van der Waals surface area contributed by atoms with Crippen LogP contribution in [0.1, 0.15) is 22.3 Å². The van der Waals surface area contributed by atoms with Crippen LogP contribution in [-0.2, 0) is 6.42 Å². The number of hydrogen-bond acceptors (Lipinski definition) is 1. The van der Waals surface area contributed by atoms with E-state index in [1.807, 2.05) is 0 Å². The molecule has 2 rings (SSSR count). The van der Waals surface area contributed by atoms with Crippen molar-refractivity contribution >= 4 is 37.4 Å². The molecule has 0 saturated carbocycles. The van der Waals surface area contributed by atoms with Gasteiger partial charge in [0, 0.05) is 22.0 Å². The molecule has 0 N–H and O–H groups in total. The zero-order valence-electron chi connectivity index (χ0n) is 7.23. The van der Waals surface area contributed by atoms with Crippen LogP contribution in [-0.4, -0.2) is 14.2 Å². The number of hydrogen-bond donors (Lipinski definition) is 0. The van der Waals surface area contributed by atoms with Gasteiger partial charge in [0.25, 0.3) is 0 Å². The van der Waals surface area contributed by atoms with Crippen LogP contribution >= 0.6 is 23.2 Å². The van der Waals surface area contributed by atoms with Gasteiger partial charge in [0.15, 0.2) is 5.78 Å². The molecule has 0 bridgehead atoms. The third kappa shape index (κ3) is 2.56. The van der Waals surface area contributed by atoms with Crippen molar-refractivity contribution < 1.29 is 34.4 Å².